The van der Waals surface area contributed by atoms with Crippen LogP contribution >= 0.6 is 15.9 Å². The summed E-state index contributed by atoms with van der Waals surface area (Å²) in [4.78, 5) is 4.09. The van der Waals surface area contributed by atoms with Gasteiger partial charge in [0.05, 0.1) is 22.7 Å². The molecule has 0 atom stereocenters. The van der Waals surface area contributed by atoms with Crippen molar-refractivity contribution in [3.63, 3.8) is 0 Å². The molecule has 0 aliphatic heterocycles. The Morgan fingerprint density at radius 3 is 1.12 bits per heavy atom. The van der Waals surface area contributed by atoms with E-state index in [0.29, 0.717) is 13.4 Å². The molecule has 0 saturated carbocycles. The van der Waals surface area contributed by atoms with Gasteiger partial charge in [0.25, 0.3) is 0 Å². The van der Waals surface area contributed by atoms with Gasteiger partial charge in [-0.2, -0.15) is 20.5 Å². The predicted molar refractivity (Wildman–Crippen MR) is 220 cm³/mol. The molecule has 263 valence electrons. The Hall–Kier alpha value is -5.58. The molecule has 0 amide bonds. The molecule has 52 heavy (non-hydrogen) atoms. The van der Waals surface area contributed by atoms with Gasteiger partial charge in [-0.15, -0.1) is 0 Å². The van der Waals surface area contributed by atoms with E-state index in [2.05, 4.69) is 91.5 Å². The van der Waals surface area contributed by atoms with E-state index in [1.54, 1.807) is 12.1 Å². The second-order valence-corrected chi connectivity index (χ2v) is 13.1. The Morgan fingerprint density at radius 1 is 0.462 bits per heavy atom. The summed E-state index contributed by atoms with van der Waals surface area (Å²) in [6, 6.07) is 47.8. The molecule has 6 aromatic carbocycles. The van der Waals surface area contributed by atoms with Crippen LogP contribution in [0, 0.1) is 13.8 Å². The molecule has 1 radical (unpaired) electrons. The molecule has 0 aliphatic rings. The normalized spacial score (nSPS) is 10.5. The van der Waals surface area contributed by atoms with Crippen LogP contribution in [0.15, 0.2) is 171 Å². The Kier molecular flexibility index (Phi) is 15.3. The second kappa shape index (κ2) is 20.3. The summed E-state index contributed by atoms with van der Waals surface area (Å²) in [5.74, 6) is 0.628. The van der Waals surface area contributed by atoms with E-state index in [4.69, 9.17) is 9.68 Å². The Balaban J connectivity index is 0.000000187. The van der Waals surface area contributed by atoms with Crippen molar-refractivity contribution >= 4 is 57.7 Å². The minimum Gasteiger partial charge on any atom is -0.537 e. The van der Waals surface area contributed by atoms with Crippen LogP contribution in [-0.4, -0.2) is 40.9 Å². The first-order chi connectivity index (χ1) is 25.1. The molecule has 6 aromatic rings. The summed E-state index contributed by atoms with van der Waals surface area (Å²) in [5.41, 5.74) is 10.5. The molecule has 8 nitrogen and oxygen atoms in total. The summed E-state index contributed by atoms with van der Waals surface area (Å²) in [6.45, 7) is 4.11. The van der Waals surface area contributed by atoms with E-state index in [0.717, 1.165) is 32.9 Å². The third kappa shape index (κ3) is 13.3. The standard InChI is InChI=1S/C21H21N3.C13H11BrN2.C8H11BNO2/c1-16-4-10-19(11-5-16)22-23-20-12-6-17(7-13-20)18-8-14-21(15-9-18)24(2)3;1-10-2-6-12(7-3-10)15-16-13-8-4-11(14)5-9-13;1-10(2)7-3-5-8(6-4-7)12-9-11/h4-15H,1-3H3;2-9H,1H3;3-6,11H,1-2H3. The first-order valence-electron chi connectivity index (χ1n) is 16.6. The van der Waals surface area contributed by atoms with Gasteiger partial charge in [0, 0.05) is 44.0 Å². The van der Waals surface area contributed by atoms with E-state index in [-0.39, 0.29) is 0 Å². The number of benzene rings is 6. The zero-order valence-electron chi connectivity index (χ0n) is 30.4. The average Bonchev–Trinajstić information content (AvgIpc) is 3.16. The minimum absolute atomic E-state index is 0.628. The first-order valence-corrected chi connectivity index (χ1v) is 17.4. The summed E-state index contributed by atoms with van der Waals surface area (Å²) in [6.07, 6.45) is 0. The highest BCUT2D eigenvalue weighted by Gasteiger charge is 2.01. The maximum atomic E-state index is 8.34. The van der Waals surface area contributed by atoms with Crippen LogP contribution in [0.5, 0.6) is 5.75 Å². The van der Waals surface area contributed by atoms with Crippen LogP contribution in [0.2, 0.25) is 0 Å². The monoisotopic (exact) mass is 753 g/mol. The zero-order valence-corrected chi connectivity index (χ0v) is 31.9. The number of anilines is 2. The van der Waals surface area contributed by atoms with Crippen molar-refractivity contribution in [3.8, 4) is 16.9 Å². The van der Waals surface area contributed by atoms with Gasteiger partial charge in [-0.1, -0.05) is 75.6 Å². The second-order valence-electron chi connectivity index (χ2n) is 12.1. The zero-order chi connectivity index (χ0) is 37.3. The maximum Gasteiger partial charge on any atom is 0.569 e. The van der Waals surface area contributed by atoms with E-state index < -0.39 is 0 Å². The Labute approximate surface area is 316 Å². The summed E-state index contributed by atoms with van der Waals surface area (Å²) >= 11 is 3.38. The number of hydrogen-bond acceptors (Lipinski definition) is 8. The number of azo groups is 2. The molecule has 0 aromatic heterocycles. The predicted octanol–water partition coefficient (Wildman–Crippen LogP) is 12.0. The fraction of sp³-hybridized carbons (Fsp3) is 0.143. The number of halogens is 1. The van der Waals surface area contributed by atoms with Gasteiger partial charge < -0.3 is 19.5 Å². The summed E-state index contributed by atoms with van der Waals surface area (Å²) in [5, 5.41) is 25.2. The van der Waals surface area contributed by atoms with Crippen molar-refractivity contribution < 1.29 is 9.68 Å². The van der Waals surface area contributed by atoms with Crippen LogP contribution in [0.4, 0.5) is 34.1 Å². The summed E-state index contributed by atoms with van der Waals surface area (Å²) in [7, 11) is 8.69. The van der Waals surface area contributed by atoms with Crippen LogP contribution in [0.3, 0.4) is 0 Å². The fourth-order valence-electron chi connectivity index (χ4n) is 4.52. The van der Waals surface area contributed by atoms with Crippen molar-refractivity contribution in [2.75, 3.05) is 38.0 Å². The molecule has 0 saturated heterocycles. The van der Waals surface area contributed by atoms with Gasteiger partial charge in [-0.05, 0) is 122 Å². The van der Waals surface area contributed by atoms with Gasteiger partial charge in [-0.25, -0.2) is 0 Å². The van der Waals surface area contributed by atoms with Crippen LogP contribution in [0.25, 0.3) is 11.1 Å². The SMILES string of the molecule is CN(C)c1ccc(O[B]O)cc1.Cc1ccc(N=Nc2ccc(-c3ccc(N(C)C)cc3)cc2)cc1.Cc1ccc(N=Nc2ccc(Br)cc2)cc1. The van der Waals surface area contributed by atoms with Crippen molar-refractivity contribution in [3.05, 3.63) is 161 Å². The highest BCUT2D eigenvalue weighted by Crippen LogP contribution is 2.26. The molecular formula is C42H43BBrN6O2. The van der Waals surface area contributed by atoms with Gasteiger partial charge in [0.2, 0.25) is 0 Å². The lowest BCUT2D eigenvalue weighted by Crippen LogP contribution is -2.08. The van der Waals surface area contributed by atoms with E-state index >= 15 is 0 Å². The highest BCUT2D eigenvalue weighted by atomic mass is 79.9. The van der Waals surface area contributed by atoms with Crippen LogP contribution in [0.1, 0.15) is 11.1 Å². The quantitative estimate of drug-likeness (QED) is 0.118. The van der Waals surface area contributed by atoms with Crippen molar-refractivity contribution in [1.82, 2.24) is 0 Å². The molecule has 6 rings (SSSR count). The van der Waals surface area contributed by atoms with Crippen molar-refractivity contribution in [2.45, 2.75) is 13.8 Å². The van der Waals surface area contributed by atoms with Gasteiger partial charge in [-0.3, -0.25) is 0 Å². The molecule has 0 fully saturated rings. The third-order valence-corrected chi connectivity index (χ3v) is 8.11. The first kappa shape index (κ1) is 39.2. The largest absolute Gasteiger partial charge is 0.569 e. The highest BCUT2D eigenvalue weighted by molar-refractivity contribution is 9.10. The van der Waals surface area contributed by atoms with E-state index in [1.165, 1.54) is 27.9 Å². The van der Waals surface area contributed by atoms with Gasteiger partial charge >= 0.3 is 7.69 Å². The lowest BCUT2D eigenvalue weighted by Gasteiger charge is -2.12. The topological polar surface area (TPSA) is 85.4 Å². The maximum absolute atomic E-state index is 8.34. The number of hydrogen-bond donors (Lipinski definition) is 1. The summed E-state index contributed by atoms with van der Waals surface area (Å²) < 4.78 is 5.80. The Bertz CT molecular complexity index is 1940. The smallest absolute Gasteiger partial charge is 0.537 e. The van der Waals surface area contributed by atoms with E-state index in [9.17, 15) is 0 Å². The molecular weight excluding hydrogens is 711 g/mol. The average molecular weight is 755 g/mol. The molecule has 0 unspecified atom stereocenters. The third-order valence-electron chi connectivity index (χ3n) is 7.58. The fourth-order valence-corrected chi connectivity index (χ4v) is 4.78. The van der Waals surface area contributed by atoms with E-state index in [1.807, 2.05) is 130 Å². The molecule has 1 N–H and O–H groups in total. The molecule has 0 bridgehead atoms. The molecule has 10 heteroatoms. The van der Waals surface area contributed by atoms with Crippen molar-refractivity contribution in [1.29, 1.82) is 0 Å². The molecule has 0 heterocycles. The van der Waals surface area contributed by atoms with Crippen LogP contribution < -0.4 is 14.5 Å². The van der Waals surface area contributed by atoms with Crippen molar-refractivity contribution in [2.24, 2.45) is 20.5 Å². The van der Waals surface area contributed by atoms with Gasteiger partial charge in [0.1, 0.15) is 5.75 Å². The van der Waals surface area contributed by atoms with Crippen LogP contribution in [-0.2, 0) is 0 Å². The lowest BCUT2D eigenvalue weighted by molar-refractivity contribution is 0.454. The number of nitrogens with zero attached hydrogens (tertiary/aromatic N) is 6. The Morgan fingerprint density at radius 2 is 0.769 bits per heavy atom. The van der Waals surface area contributed by atoms with Gasteiger partial charge in [0.15, 0.2) is 0 Å². The number of aryl methyl sites for hydroxylation is 2. The molecule has 0 spiro atoms. The minimum atomic E-state index is 0.628. The number of rotatable bonds is 9. The molecule has 0 aliphatic carbocycles. The lowest BCUT2D eigenvalue weighted by atomic mass is 10.1.